The zero-order chi connectivity index (χ0) is 15.6. The maximum absolute atomic E-state index is 13.0. The van der Waals surface area contributed by atoms with Gasteiger partial charge in [-0.15, -0.1) is 0 Å². The minimum Gasteiger partial charge on any atom is -0.394 e. The van der Waals surface area contributed by atoms with Gasteiger partial charge in [-0.1, -0.05) is 35.4 Å². The second kappa shape index (κ2) is 5.99. The van der Waals surface area contributed by atoms with Crippen molar-refractivity contribution in [1.29, 1.82) is 0 Å². The number of azide groups is 1. The largest absolute Gasteiger partial charge is 0.394 e. The van der Waals surface area contributed by atoms with Crippen LogP contribution in [0, 0.1) is 0 Å². The predicted molar refractivity (Wildman–Crippen MR) is 82.0 cm³/mol. The highest BCUT2D eigenvalue weighted by Crippen LogP contribution is 2.40. The van der Waals surface area contributed by atoms with Crippen LogP contribution in [0.4, 0.5) is 0 Å². The SMILES string of the molecule is [N-]=[N+]=N[C@@]1(Cc2ccccc2)CC[C@@H]2CC[C@@H](CO)N2C1=O. The van der Waals surface area contributed by atoms with E-state index in [4.69, 9.17) is 5.53 Å². The van der Waals surface area contributed by atoms with E-state index in [0.717, 1.165) is 24.8 Å². The first-order valence-electron chi connectivity index (χ1n) is 7.74. The van der Waals surface area contributed by atoms with Crippen LogP contribution in [0.3, 0.4) is 0 Å². The molecule has 2 aliphatic heterocycles. The van der Waals surface area contributed by atoms with Crippen molar-refractivity contribution in [3.8, 4) is 0 Å². The lowest BCUT2D eigenvalue weighted by molar-refractivity contribution is -0.144. The Balaban J connectivity index is 1.93. The van der Waals surface area contributed by atoms with Crippen LogP contribution in [0.15, 0.2) is 35.4 Å². The predicted octanol–water partition coefficient (Wildman–Crippen LogP) is 2.42. The first-order chi connectivity index (χ1) is 10.7. The van der Waals surface area contributed by atoms with E-state index in [1.807, 2.05) is 30.3 Å². The van der Waals surface area contributed by atoms with Crippen LogP contribution in [-0.4, -0.2) is 40.1 Å². The molecular formula is C16H20N4O2. The van der Waals surface area contributed by atoms with E-state index in [9.17, 15) is 9.90 Å². The fourth-order valence-electron chi connectivity index (χ4n) is 3.82. The van der Waals surface area contributed by atoms with Gasteiger partial charge in [0, 0.05) is 11.0 Å². The number of carbonyl (C=O) groups is 1. The van der Waals surface area contributed by atoms with E-state index in [1.165, 1.54) is 0 Å². The van der Waals surface area contributed by atoms with Crippen LogP contribution in [0.5, 0.6) is 0 Å². The van der Waals surface area contributed by atoms with E-state index in [-0.39, 0.29) is 24.6 Å². The van der Waals surface area contributed by atoms with Gasteiger partial charge < -0.3 is 10.0 Å². The number of benzene rings is 1. The number of amides is 1. The number of rotatable bonds is 4. The Bertz CT molecular complexity index is 593. The third-order valence-electron chi connectivity index (χ3n) is 4.93. The number of piperidine rings is 1. The maximum atomic E-state index is 13.0. The molecule has 1 aromatic rings. The Hall–Kier alpha value is -2.04. The van der Waals surface area contributed by atoms with Crippen LogP contribution < -0.4 is 0 Å². The molecule has 0 saturated carbocycles. The third-order valence-corrected chi connectivity index (χ3v) is 4.93. The summed E-state index contributed by atoms with van der Waals surface area (Å²) in [7, 11) is 0. The summed E-state index contributed by atoms with van der Waals surface area (Å²) in [5, 5.41) is 13.4. The van der Waals surface area contributed by atoms with Crippen molar-refractivity contribution in [2.75, 3.05) is 6.61 Å². The number of hydrogen-bond acceptors (Lipinski definition) is 3. The molecular weight excluding hydrogens is 280 g/mol. The lowest BCUT2D eigenvalue weighted by Gasteiger charge is -2.43. The Kier molecular flexibility index (Phi) is 4.05. The summed E-state index contributed by atoms with van der Waals surface area (Å²) >= 11 is 0. The molecule has 2 heterocycles. The van der Waals surface area contributed by atoms with E-state index in [0.29, 0.717) is 12.8 Å². The highest BCUT2D eigenvalue weighted by Gasteiger charge is 2.51. The zero-order valence-electron chi connectivity index (χ0n) is 12.4. The molecule has 6 nitrogen and oxygen atoms in total. The second-order valence-electron chi connectivity index (χ2n) is 6.20. The summed E-state index contributed by atoms with van der Waals surface area (Å²) in [4.78, 5) is 17.8. The van der Waals surface area contributed by atoms with Crippen LogP contribution in [0.1, 0.15) is 31.2 Å². The number of fused-ring (bicyclic) bond motifs is 1. The maximum Gasteiger partial charge on any atom is 0.235 e. The average molecular weight is 300 g/mol. The van der Waals surface area contributed by atoms with Crippen LogP contribution in [-0.2, 0) is 11.2 Å². The van der Waals surface area contributed by atoms with E-state index < -0.39 is 5.54 Å². The molecule has 2 aliphatic rings. The van der Waals surface area contributed by atoms with Gasteiger partial charge in [-0.3, -0.25) is 4.79 Å². The van der Waals surface area contributed by atoms with Crippen LogP contribution in [0.2, 0.25) is 0 Å². The highest BCUT2D eigenvalue weighted by atomic mass is 16.3. The van der Waals surface area contributed by atoms with Gasteiger partial charge in [-0.2, -0.15) is 0 Å². The molecule has 0 radical (unpaired) electrons. The topological polar surface area (TPSA) is 89.3 Å². The summed E-state index contributed by atoms with van der Waals surface area (Å²) in [6.07, 6.45) is 3.57. The van der Waals surface area contributed by atoms with Gasteiger partial charge in [0.25, 0.3) is 0 Å². The Labute approximate surface area is 129 Å². The van der Waals surface area contributed by atoms with E-state index >= 15 is 0 Å². The molecule has 0 spiro atoms. The molecule has 22 heavy (non-hydrogen) atoms. The molecule has 1 amide bonds. The lowest BCUT2D eigenvalue weighted by Crippen LogP contribution is -2.58. The van der Waals surface area contributed by atoms with Gasteiger partial charge in [0.1, 0.15) is 5.54 Å². The normalized spacial score (nSPS) is 30.8. The molecule has 3 atom stereocenters. The Morgan fingerprint density at radius 2 is 2.09 bits per heavy atom. The molecule has 0 bridgehead atoms. The van der Waals surface area contributed by atoms with Crippen molar-refractivity contribution in [3.05, 3.63) is 46.3 Å². The monoisotopic (exact) mass is 300 g/mol. The summed E-state index contributed by atoms with van der Waals surface area (Å²) in [6, 6.07) is 9.70. The van der Waals surface area contributed by atoms with Crippen LogP contribution in [0.25, 0.3) is 10.4 Å². The fraction of sp³-hybridized carbons (Fsp3) is 0.562. The number of hydrogen-bond donors (Lipinski definition) is 1. The molecule has 6 heteroatoms. The van der Waals surface area contributed by atoms with Gasteiger partial charge in [-0.05, 0) is 43.2 Å². The zero-order valence-corrected chi connectivity index (χ0v) is 12.4. The van der Waals surface area contributed by atoms with Gasteiger partial charge >= 0.3 is 0 Å². The second-order valence-corrected chi connectivity index (χ2v) is 6.20. The van der Waals surface area contributed by atoms with Crippen molar-refractivity contribution in [1.82, 2.24) is 4.90 Å². The summed E-state index contributed by atoms with van der Waals surface area (Å²) < 4.78 is 0. The molecule has 116 valence electrons. The minimum atomic E-state index is -1.05. The van der Waals surface area contributed by atoms with Gasteiger partial charge in [-0.25, -0.2) is 0 Å². The first kappa shape index (κ1) is 14.9. The molecule has 2 fully saturated rings. The molecule has 0 aromatic heterocycles. The van der Waals surface area contributed by atoms with Gasteiger partial charge in [0.15, 0.2) is 0 Å². The number of aliphatic hydroxyl groups excluding tert-OH is 1. The van der Waals surface area contributed by atoms with Crippen LogP contribution >= 0.6 is 0 Å². The Morgan fingerprint density at radius 1 is 1.32 bits per heavy atom. The van der Waals surface area contributed by atoms with Crippen molar-refractivity contribution in [3.63, 3.8) is 0 Å². The summed E-state index contributed by atoms with van der Waals surface area (Å²) in [5.74, 6) is -0.123. The molecule has 3 rings (SSSR count). The molecule has 0 aliphatic carbocycles. The number of aliphatic hydroxyl groups is 1. The van der Waals surface area contributed by atoms with E-state index in [1.54, 1.807) is 4.90 Å². The quantitative estimate of drug-likeness (QED) is 0.525. The van der Waals surface area contributed by atoms with Crippen molar-refractivity contribution in [2.24, 2.45) is 5.11 Å². The van der Waals surface area contributed by atoms with Crippen molar-refractivity contribution in [2.45, 2.75) is 49.7 Å². The van der Waals surface area contributed by atoms with Crippen molar-refractivity contribution < 1.29 is 9.90 Å². The highest BCUT2D eigenvalue weighted by molar-refractivity contribution is 5.88. The minimum absolute atomic E-state index is 0.0279. The average Bonchev–Trinajstić information content (AvgIpc) is 2.96. The third kappa shape index (κ3) is 2.45. The fourth-order valence-corrected chi connectivity index (χ4v) is 3.82. The molecule has 2 saturated heterocycles. The molecule has 1 aromatic carbocycles. The smallest absolute Gasteiger partial charge is 0.235 e. The first-order valence-corrected chi connectivity index (χ1v) is 7.74. The summed E-state index contributed by atoms with van der Waals surface area (Å²) in [5.41, 5.74) is 8.92. The van der Waals surface area contributed by atoms with E-state index in [2.05, 4.69) is 10.0 Å². The molecule has 0 unspecified atom stereocenters. The molecule has 1 N–H and O–H groups in total. The standard InChI is InChI=1S/C16H20N4O2/c17-19-18-16(10-12-4-2-1-3-5-12)9-8-13-6-7-14(11-21)20(13)15(16)22/h1-5,13-14,21H,6-11H2/t13-,14-,16+/m0/s1. The number of carbonyl (C=O) groups excluding carboxylic acids is 1. The lowest BCUT2D eigenvalue weighted by atomic mass is 9.81. The number of nitrogens with zero attached hydrogens (tertiary/aromatic N) is 4. The Morgan fingerprint density at radius 3 is 2.77 bits per heavy atom. The van der Waals surface area contributed by atoms with Gasteiger partial charge in [0.2, 0.25) is 5.91 Å². The summed E-state index contributed by atoms with van der Waals surface area (Å²) in [6.45, 7) is -0.0279. The van der Waals surface area contributed by atoms with Gasteiger partial charge in [0.05, 0.1) is 12.6 Å². The van der Waals surface area contributed by atoms with Crippen molar-refractivity contribution >= 4 is 5.91 Å².